The Hall–Kier alpha value is -3.05. The molecule has 2 amide bonds. The zero-order valence-electron chi connectivity index (χ0n) is 19.8. The molecule has 1 atom stereocenters. The highest BCUT2D eigenvalue weighted by Crippen LogP contribution is 2.28. The van der Waals surface area contributed by atoms with Gasteiger partial charge >= 0.3 is 0 Å². The van der Waals surface area contributed by atoms with Crippen LogP contribution in [-0.2, 0) is 4.79 Å². The number of carbonyl (C=O) groups is 2. The van der Waals surface area contributed by atoms with Crippen molar-refractivity contribution in [2.75, 3.05) is 5.32 Å². The molecule has 0 bridgehead atoms. The molecule has 0 saturated heterocycles. The van der Waals surface area contributed by atoms with Crippen LogP contribution in [0.25, 0.3) is 11.1 Å². The summed E-state index contributed by atoms with van der Waals surface area (Å²) in [5.74, 6) is -1.82. The van der Waals surface area contributed by atoms with Crippen LogP contribution in [0.4, 0.5) is 10.2 Å². The number of nitrogens with zero attached hydrogens (tertiary/aromatic N) is 5. The van der Waals surface area contributed by atoms with E-state index in [-0.39, 0.29) is 29.5 Å². The first-order chi connectivity index (χ1) is 16.6. The summed E-state index contributed by atoms with van der Waals surface area (Å²) in [5.41, 5.74) is 2.43. The predicted octanol–water partition coefficient (Wildman–Crippen LogP) is 4.11. The van der Waals surface area contributed by atoms with E-state index < -0.39 is 28.6 Å². The number of aromatic nitrogens is 6. The van der Waals surface area contributed by atoms with Gasteiger partial charge in [0.25, 0.3) is 5.91 Å². The second-order valence-corrected chi connectivity index (χ2v) is 9.62. The van der Waals surface area contributed by atoms with Gasteiger partial charge in [0.1, 0.15) is 22.4 Å². The van der Waals surface area contributed by atoms with Gasteiger partial charge in [-0.2, -0.15) is 9.49 Å². The number of amides is 2. The van der Waals surface area contributed by atoms with Crippen molar-refractivity contribution in [3.8, 4) is 11.1 Å². The van der Waals surface area contributed by atoms with Gasteiger partial charge in [0.15, 0.2) is 0 Å². The van der Waals surface area contributed by atoms with Crippen LogP contribution in [0.3, 0.4) is 0 Å². The summed E-state index contributed by atoms with van der Waals surface area (Å²) >= 11 is 11.6. The average molecular weight is 525 g/mol. The number of aryl methyl sites for hydroxylation is 2. The molecule has 3 heterocycles. The average Bonchev–Trinajstić information content (AvgIpc) is 3.40. The number of carbonyl (C=O) groups excluding carboxylic acids is 2. The van der Waals surface area contributed by atoms with Crippen LogP contribution in [0, 0.1) is 19.8 Å². The molecule has 0 radical (unpaired) electrons. The van der Waals surface area contributed by atoms with Gasteiger partial charge in [0, 0.05) is 22.9 Å². The van der Waals surface area contributed by atoms with Crippen LogP contribution in [0.5, 0.6) is 0 Å². The van der Waals surface area contributed by atoms with Gasteiger partial charge in [0.2, 0.25) is 11.9 Å². The minimum atomic E-state index is -0.951. The van der Waals surface area contributed by atoms with E-state index in [1.54, 1.807) is 13.8 Å². The van der Waals surface area contributed by atoms with Crippen molar-refractivity contribution in [1.29, 1.82) is 0 Å². The Balaban J connectivity index is 1.77. The summed E-state index contributed by atoms with van der Waals surface area (Å²) in [5, 5.41) is 19.8. The van der Waals surface area contributed by atoms with Gasteiger partial charge in [-0.3, -0.25) is 14.7 Å². The number of aromatic amines is 1. The maximum absolute atomic E-state index is 14.8. The molecule has 35 heavy (non-hydrogen) atoms. The fourth-order valence-electron chi connectivity index (χ4n) is 3.62. The van der Waals surface area contributed by atoms with Crippen molar-refractivity contribution in [2.45, 2.75) is 63.9 Å². The van der Waals surface area contributed by atoms with Crippen molar-refractivity contribution >= 4 is 40.8 Å². The molecule has 0 fully saturated rings. The fraction of sp³-hybridized carbons (Fsp3) is 0.455. The lowest BCUT2D eigenvalue weighted by atomic mass is 10.1. The highest BCUT2D eigenvalue weighted by atomic mass is 35.5. The van der Waals surface area contributed by atoms with Crippen molar-refractivity contribution in [2.24, 2.45) is 0 Å². The summed E-state index contributed by atoms with van der Waals surface area (Å²) in [6.07, 6.45) is 2.48. The number of H-pyrrole nitrogens is 1. The SMILES string of the molecule is Cc1n[nH]c(C)c1-c1ccc(NC(=O)[C@H](CCCC(Cl)Cl)NC(=O)c2cnnn2C(C)C)nc1F. The molecule has 0 spiro atoms. The Morgan fingerprint density at radius 2 is 1.94 bits per heavy atom. The van der Waals surface area contributed by atoms with Crippen LogP contribution < -0.4 is 10.6 Å². The first kappa shape index (κ1) is 26.6. The highest BCUT2D eigenvalue weighted by Gasteiger charge is 2.25. The monoisotopic (exact) mass is 524 g/mol. The summed E-state index contributed by atoms with van der Waals surface area (Å²) in [6.45, 7) is 7.25. The molecule has 0 saturated carbocycles. The number of pyridine rings is 1. The van der Waals surface area contributed by atoms with E-state index in [0.717, 1.165) is 0 Å². The molecular formula is C22H27Cl2FN8O2. The summed E-state index contributed by atoms with van der Waals surface area (Å²) in [4.78, 5) is 29.2. The maximum atomic E-state index is 14.8. The molecule has 0 unspecified atom stereocenters. The number of halogens is 3. The van der Waals surface area contributed by atoms with Gasteiger partial charge in [-0.25, -0.2) is 9.67 Å². The minimum Gasteiger partial charge on any atom is -0.339 e. The van der Waals surface area contributed by atoms with Gasteiger partial charge in [-0.05, 0) is 59.1 Å². The third kappa shape index (κ3) is 6.55. The lowest BCUT2D eigenvalue weighted by Gasteiger charge is -2.19. The van der Waals surface area contributed by atoms with Gasteiger partial charge in [-0.1, -0.05) is 5.21 Å². The topological polar surface area (TPSA) is 130 Å². The van der Waals surface area contributed by atoms with Crippen LogP contribution in [0.1, 0.15) is 61.0 Å². The molecule has 3 aromatic heterocycles. The minimum absolute atomic E-state index is 0.00996. The van der Waals surface area contributed by atoms with Crippen molar-refractivity contribution in [1.82, 2.24) is 35.5 Å². The summed E-state index contributed by atoms with van der Waals surface area (Å²) < 4.78 is 16.3. The largest absolute Gasteiger partial charge is 0.339 e. The molecule has 3 N–H and O–H groups in total. The highest BCUT2D eigenvalue weighted by molar-refractivity contribution is 6.44. The van der Waals surface area contributed by atoms with E-state index in [0.29, 0.717) is 29.8 Å². The number of hydrogen-bond donors (Lipinski definition) is 3. The lowest BCUT2D eigenvalue weighted by Crippen LogP contribution is -2.44. The number of nitrogens with one attached hydrogen (secondary N) is 3. The van der Waals surface area contributed by atoms with Crippen molar-refractivity contribution < 1.29 is 14.0 Å². The van der Waals surface area contributed by atoms with E-state index in [2.05, 4.69) is 36.1 Å². The Bertz CT molecular complexity index is 1170. The second kappa shape index (κ2) is 11.6. The standard InChI is InChI=1S/C22H27Cl2FN8O2/c1-11(2)33-16(10-26-32-33)22(35)27-15(6-5-7-17(23)24)21(34)29-18-9-8-14(20(25)28-18)19-12(3)30-31-13(19)4/h8-11,15,17H,5-7H2,1-4H3,(H,27,35)(H,30,31)(H,28,29,34)/t15-/m0/s1. The number of alkyl halides is 2. The molecule has 188 valence electrons. The third-order valence-electron chi connectivity index (χ3n) is 5.33. The van der Waals surface area contributed by atoms with E-state index in [4.69, 9.17) is 23.2 Å². The number of hydrogen-bond acceptors (Lipinski definition) is 6. The molecule has 13 heteroatoms. The Morgan fingerprint density at radius 3 is 2.54 bits per heavy atom. The molecular weight excluding hydrogens is 498 g/mol. The van der Waals surface area contributed by atoms with Crippen LogP contribution in [0.15, 0.2) is 18.3 Å². The molecule has 0 aliphatic heterocycles. The van der Waals surface area contributed by atoms with Crippen LogP contribution in [0.2, 0.25) is 0 Å². The first-order valence-corrected chi connectivity index (χ1v) is 11.9. The fourth-order valence-corrected chi connectivity index (χ4v) is 3.92. The molecule has 3 aromatic rings. The maximum Gasteiger partial charge on any atom is 0.271 e. The van der Waals surface area contributed by atoms with Crippen LogP contribution >= 0.6 is 23.2 Å². The molecule has 0 aromatic carbocycles. The summed E-state index contributed by atoms with van der Waals surface area (Å²) in [7, 11) is 0. The van der Waals surface area contributed by atoms with E-state index in [1.165, 1.54) is 23.0 Å². The molecule has 0 aliphatic rings. The molecule has 0 aliphatic carbocycles. The Labute approximate surface area is 212 Å². The predicted molar refractivity (Wildman–Crippen MR) is 131 cm³/mol. The van der Waals surface area contributed by atoms with Crippen molar-refractivity contribution in [3.05, 3.63) is 41.4 Å². The van der Waals surface area contributed by atoms with Crippen LogP contribution in [-0.4, -0.2) is 52.9 Å². The van der Waals surface area contributed by atoms with Gasteiger partial charge in [0.05, 0.1) is 11.9 Å². The normalized spacial score (nSPS) is 12.3. The zero-order chi connectivity index (χ0) is 25.7. The van der Waals surface area contributed by atoms with E-state index in [1.807, 2.05) is 13.8 Å². The van der Waals surface area contributed by atoms with E-state index in [9.17, 15) is 14.0 Å². The molecule has 10 nitrogen and oxygen atoms in total. The van der Waals surface area contributed by atoms with Gasteiger partial charge < -0.3 is 10.6 Å². The lowest BCUT2D eigenvalue weighted by molar-refractivity contribution is -0.118. The summed E-state index contributed by atoms with van der Waals surface area (Å²) in [6, 6.07) is 1.96. The number of rotatable bonds is 10. The molecule has 3 rings (SSSR count). The smallest absolute Gasteiger partial charge is 0.271 e. The Morgan fingerprint density at radius 1 is 1.20 bits per heavy atom. The zero-order valence-corrected chi connectivity index (χ0v) is 21.3. The van der Waals surface area contributed by atoms with E-state index >= 15 is 0 Å². The second-order valence-electron chi connectivity index (χ2n) is 8.34. The third-order valence-corrected chi connectivity index (χ3v) is 5.77. The Kier molecular flexibility index (Phi) is 8.79. The number of anilines is 1. The first-order valence-electron chi connectivity index (χ1n) is 11.1. The quantitative estimate of drug-likeness (QED) is 0.270. The van der Waals surface area contributed by atoms with Gasteiger partial charge in [-0.15, -0.1) is 28.3 Å². The van der Waals surface area contributed by atoms with Crippen molar-refractivity contribution in [3.63, 3.8) is 0 Å².